The summed E-state index contributed by atoms with van der Waals surface area (Å²) in [5.74, 6) is -0.00264. The lowest BCUT2D eigenvalue weighted by atomic mass is 10.00. The average Bonchev–Trinajstić information content (AvgIpc) is 3.14. The second-order valence-electron chi connectivity index (χ2n) is 8.33. The van der Waals surface area contributed by atoms with Crippen molar-refractivity contribution >= 4 is 28.5 Å². The first-order valence-electron chi connectivity index (χ1n) is 10.8. The number of halogens is 1. The number of rotatable bonds is 3. The van der Waals surface area contributed by atoms with Crippen LogP contribution in [0.25, 0.3) is 11.0 Å². The average molecular weight is 441 g/mol. The molecular formula is C22H25ClN6O2. The Labute approximate surface area is 184 Å². The molecule has 4 heterocycles. The maximum atomic E-state index is 13.1. The zero-order chi connectivity index (χ0) is 21.4. The molecule has 2 aromatic heterocycles. The van der Waals surface area contributed by atoms with Gasteiger partial charge in [-0.1, -0.05) is 11.6 Å². The van der Waals surface area contributed by atoms with E-state index in [4.69, 9.17) is 11.6 Å². The Bertz CT molecular complexity index is 1140. The van der Waals surface area contributed by atoms with Crippen LogP contribution >= 0.6 is 11.6 Å². The molecule has 2 fully saturated rings. The molecule has 162 valence electrons. The van der Waals surface area contributed by atoms with Crippen LogP contribution in [0.2, 0.25) is 5.02 Å². The number of nitrogens with one attached hydrogen (secondary N) is 1. The molecule has 0 saturated carbocycles. The summed E-state index contributed by atoms with van der Waals surface area (Å²) in [6.45, 7) is 2.44. The van der Waals surface area contributed by atoms with Crippen LogP contribution in [0.3, 0.4) is 0 Å². The van der Waals surface area contributed by atoms with Gasteiger partial charge < -0.3 is 9.88 Å². The summed E-state index contributed by atoms with van der Waals surface area (Å²) >= 11 is 6.08. The molecule has 2 aliphatic heterocycles. The van der Waals surface area contributed by atoms with Crippen molar-refractivity contribution in [2.24, 2.45) is 0 Å². The van der Waals surface area contributed by atoms with E-state index in [0.29, 0.717) is 10.6 Å². The molecule has 1 N–H and O–H groups in total. The normalized spacial score (nSPS) is 20.9. The highest BCUT2D eigenvalue weighted by molar-refractivity contribution is 6.31. The maximum Gasteiger partial charge on any atom is 0.326 e. The molecule has 2 aliphatic rings. The van der Waals surface area contributed by atoms with Gasteiger partial charge in [0.15, 0.2) is 0 Å². The SMILES string of the molecule is O=C(c1cncnc1)N1CCCCC1N1CCC(n2c(=O)[nH]c3cc(Cl)ccc32)CC1. The van der Waals surface area contributed by atoms with Crippen molar-refractivity contribution in [3.63, 3.8) is 0 Å². The Morgan fingerprint density at radius 1 is 1.06 bits per heavy atom. The number of likely N-dealkylation sites (tertiary alicyclic amines) is 2. The highest BCUT2D eigenvalue weighted by atomic mass is 35.5. The highest BCUT2D eigenvalue weighted by Crippen LogP contribution is 2.30. The molecule has 3 aromatic rings. The summed E-state index contributed by atoms with van der Waals surface area (Å²) < 4.78 is 1.87. The van der Waals surface area contributed by atoms with Gasteiger partial charge in [0.25, 0.3) is 5.91 Å². The predicted molar refractivity (Wildman–Crippen MR) is 118 cm³/mol. The lowest BCUT2D eigenvalue weighted by Crippen LogP contribution is -2.55. The fourth-order valence-corrected chi connectivity index (χ4v) is 5.19. The van der Waals surface area contributed by atoms with Gasteiger partial charge in [0.2, 0.25) is 0 Å². The van der Waals surface area contributed by atoms with E-state index in [0.717, 1.165) is 62.8 Å². The molecule has 1 aromatic carbocycles. The van der Waals surface area contributed by atoms with Gasteiger partial charge in [-0.2, -0.15) is 0 Å². The van der Waals surface area contributed by atoms with E-state index >= 15 is 0 Å². The Balaban J connectivity index is 1.32. The minimum Gasteiger partial charge on any atom is -0.323 e. The standard InChI is InChI=1S/C22H25ClN6O2/c23-16-4-5-19-18(11-16)26-22(31)29(19)17-6-9-27(10-7-17)20-3-1-2-8-28(20)21(30)15-12-24-14-25-13-15/h4-5,11-14,17,20H,1-3,6-10H2,(H,26,31). The number of carbonyl (C=O) groups is 1. The summed E-state index contributed by atoms with van der Waals surface area (Å²) in [7, 11) is 0. The minimum atomic E-state index is -0.0886. The number of aromatic nitrogens is 4. The first kappa shape index (κ1) is 20.2. The van der Waals surface area contributed by atoms with Crippen molar-refractivity contribution in [1.29, 1.82) is 0 Å². The van der Waals surface area contributed by atoms with E-state index in [2.05, 4.69) is 19.9 Å². The van der Waals surface area contributed by atoms with E-state index in [1.54, 1.807) is 18.5 Å². The largest absolute Gasteiger partial charge is 0.326 e. The van der Waals surface area contributed by atoms with Crippen molar-refractivity contribution < 1.29 is 4.79 Å². The van der Waals surface area contributed by atoms with E-state index < -0.39 is 0 Å². The summed E-state index contributed by atoms with van der Waals surface area (Å²) in [4.78, 5) is 41.0. The van der Waals surface area contributed by atoms with Crippen molar-refractivity contribution in [1.82, 2.24) is 29.3 Å². The number of hydrogen-bond acceptors (Lipinski definition) is 5. The van der Waals surface area contributed by atoms with E-state index in [-0.39, 0.29) is 23.8 Å². The Morgan fingerprint density at radius 2 is 1.84 bits per heavy atom. The topological polar surface area (TPSA) is 87.1 Å². The summed E-state index contributed by atoms with van der Waals surface area (Å²) in [5.41, 5.74) is 2.11. The van der Waals surface area contributed by atoms with Crippen LogP contribution in [0.1, 0.15) is 48.5 Å². The molecule has 9 heteroatoms. The van der Waals surface area contributed by atoms with Crippen LogP contribution in [0.5, 0.6) is 0 Å². The van der Waals surface area contributed by atoms with Gasteiger partial charge in [-0.05, 0) is 50.3 Å². The molecule has 1 unspecified atom stereocenters. The first-order chi connectivity index (χ1) is 15.1. The smallest absolute Gasteiger partial charge is 0.323 e. The van der Waals surface area contributed by atoms with Crippen LogP contribution < -0.4 is 5.69 Å². The second-order valence-corrected chi connectivity index (χ2v) is 8.77. The van der Waals surface area contributed by atoms with Crippen molar-refractivity contribution in [3.05, 3.63) is 58.0 Å². The summed E-state index contributed by atoms with van der Waals surface area (Å²) in [6.07, 6.45) is 9.52. The fraction of sp³-hybridized carbons (Fsp3) is 0.455. The van der Waals surface area contributed by atoms with Gasteiger partial charge in [0.05, 0.1) is 22.8 Å². The van der Waals surface area contributed by atoms with Crippen LogP contribution in [0.4, 0.5) is 0 Å². The van der Waals surface area contributed by atoms with Gasteiger partial charge in [-0.25, -0.2) is 14.8 Å². The predicted octanol–water partition coefficient (Wildman–Crippen LogP) is 3.06. The number of imidazole rings is 1. The number of aromatic amines is 1. The zero-order valence-corrected chi connectivity index (χ0v) is 18.0. The third kappa shape index (κ3) is 3.85. The molecular weight excluding hydrogens is 416 g/mol. The van der Waals surface area contributed by atoms with Gasteiger partial charge in [-0.15, -0.1) is 0 Å². The molecule has 1 atom stereocenters. The van der Waals surface area contributed by atoms with E-state index in [1.165, 1.54) is 6.33 Å². The van der Waals surface area contributed by atoms with E-state index in [1.807, 2.05) is 21.6 Å². The quantitative estimate of drug-likeness (QED) is 0.676. The number of fused-ring (bicyclic) bond motifs is 1. The van der Waals surface area contributed by atoms with Gasteiger partial charge in [0.1, 0.15) is 6.33 Å². The number of benzene rings is 1. The molecule has 2 saturated heterocycles. The number of piperidine rings is 2. The number of amides is 1. The Kier molecular flexibility index (Phi) is 5.50. The van der Waals surface area contributed by atoms with Crippen LogP contribution in [-0.4, -0.2) is 61.0 Å². The molecule has 8 nitrogen and oxygen atoms in total. The molecule has 1 amide bonds. The summed E-state index contributed by atoms with van der Waals surface area (Å²) in [6, 6.07) is 5.66. The van der Waals surface area contributed by atoms with E-state index in [9.17, 15) is 9.59 Å². The maximum absolute atomic E-state index is 13.1. The van der Waals surface area contributed by atoms with Gasteiger partial charge in [0, 0.05) is 43.1 Å². The lowest BCUT2D eigenvalue weighted by molar-refractivity contribution is 0.00115. The Morgan fingerprint density at radius 3 is 2.61 bits per heavy atom. The minimum absolute atomic E-state index is 0.00264. The third-order valence-electron chi connectivity index (χ3n) is 6.50. The lowest BCUT2D eigenvalue weighted by Gasteiger charge is -2.45. The van der Waals surface area contributed by atoms with Crippen molar-refractivity contribution in [2.75, 3.05) is 19.6 Å². The zero-order valence-electron chi connectivity index (χ0n) is 17.2. The summed E-state index contributed by atoms with van der Waals surface area (Å²) in [5, 5.41) is 0.613. The number of nitrogens with zero attached hydrogens (tertiary/aromatic N) is 5. The number of H-pyrrole nitrogens is 1. The molecule has 31 heavy (non-hydrogen) atoms. The molecule has 5 rings (SSSR count). The molecule has 0 aliphatic carbocycles. The van der Waals surface area contributed by atoms with Crippen LogP contribution in [-0.2, 0) is 0 Å². The molecule has 0 bridgehead atoms. The molecule has 0 spiro atoms. The van der Waals surface area contributed by atoms with Crippen LogP contribution in [0, 0.1) is 0 Å². The number of hydrogen-bond donors (Lipinski definition) is 1. The fourth-order valence-electron chi connectivity index (χ4n) is 5.01. The number of carbonyl (C=O) groups excluding carboxylic acids is 1. The molecule has 0 radical (unpaired) electrons. The monoisotopic (exact) mass is 440 g/mol. The van der Waals surface area contributed by atoms with Gasteiger partial charge >= 0.3 is 5.69 Å². The van der Waals surface area contributed by atoms with Crippen molar-refractivity contribution in [3.8, 4) is 0 Å². The van der Waals surface area contributed by atoms with Crippen LogP contribution in [0.15, 0.2) is 41.7 Å². The second kappa shape index (κ2) is 8.43. The first-order valence-corrected chi connectivity index (χ1v) is 11.2. The highest BCUT2D eigenvalue weighted by Gasteiger charge is 2.34. The van der Waals surface area contributed by atoms with Crippen molar-refractivity contribution in [2.45, 2.75) is 44.3 Å². The Hall–Kier alpha value is -2.71. The third-order valence-corrected chi connectivity index (χ3v) is 6.74. The van der Waals surface area contributed by atoms with Gasteiger partial charge in [-0.3, -0.25) is 14.3 Å².